The van der Waals surface area contributed by atoms with Gasteiger partial charge in [0.2, 0.25) is 5.76 Å². The summed E-state index contributed by atoms with van der Waals surface area (Å²) >= 11 is 0. The van der Waals surface area contributed by atoms with Gasteiger partial charge in [-0.05, 0) is 25.0 Å². The molecule has 0 unspecified atom stereocenters. The monoisotopic (exact) mass is 251 g/mol. The third kappa shape index (κ3) is 3.35. The van der Waals surface area contributed by atoms with Crippen molar-refractivity contribution in [3.8, 4) is 0 Å². The summed E-state index contributed by atoms with van der Waals surface area (Å²) < 4.78 is 9.81. The van der Waals surface area contributed by atoms with Crippen LogP contribution >= 0.6 is 0 Å². The van der Waals surface area contributed by atoms with Gasteiger partial charge in [0.25, 0.3) is 5.91 Å². The van der Waals surface area contributed by atoms with E-state index in [9.17, 15) is 9.59 Å². The Morgan fingerprint density at radius 1 is 1.22 bits per heavy atom. The maximum Gasteiger partial charge on any atom is 0.374 e. The van der Waals surface area contributed by atoms with Crippen molar-refractivity contribution in [2.24, 2.45) is 0 Å². The second-order valence-corrected chi connectivity index (χ2v) is 4.35. The molecular formula is C13H17NO4. The Morgan fingerprint density at radius 2 is 1.94 bits per heavy atom. The van der Waals surface area contributed by atoms with Crippen molar-refractivity contribution in [1.82, 2.24) is 4.90 Å². The van der Waals surface area contributed by atoms with Crippen LogP contribution in [0.2, 0.25) is 0 Å². The Hall–Kier alpha value is -1.78. The fourth-order valence-electron chi connectivity index (χ4n) is 2.00. The average Bonchev–Trinajstić information content (AvgIpc) is 2.78. The van der Waals surface area contributed by atoms with Crippen LogP contribution in [0.5, 0.6) is 0 Å². The minimum Gasteiger partial charge on any atom is -0.457 e. The molecule has 2 rings (SSSR count). The van der Waals surface area contributed by atoms with Gasteiger partial charge in [-0.3, -0.25) is 4.79 Å². The van der Waals surface area contributed by atoms with Crippen LogP contribution in [0.1, 0.15) is 36.2 Å². The van der Waals surface area contributed by atoms with E-state index in [0.717, 1.165) is 38.8 Å². The van der Waals surface area contributed by atoms with E-state index >= 15 is 0 Å². The maximum atomic E-state index is 11.8. The largest absolute Gasteiger partial charge is 0.457 e. The van der Waals surface area contributed by atoms with Gasteiger partial charge in [0.15, 0.2) is 6.61 Å². The highest BCUT2D eigenvalue weighted by Gasteiger charge is 2.18. The standard InChI is InChI=1S/C13H17NO4/c15-12(14-7-3-1-2-4-8-14)10-18-13(16)11-6-5-9-17-11/h5-6,9H,1-4,7-8,10H2. The Balaban J connectivity index is 1.78. The number of hydrogen-bond donors (Lipinski definition) is 0. The van der Waals surface area contributed by atoms with E-state index in [1.807, 2.05) is 0 Å². The summed E-state index contributed by atoms with van der Waals surface area (Å²) in [4.78, 5) is 25.1. The molecule has 18 heavy (non-hydrogen) atoms. The van der Waals surface area contributed by atoms with Crippen LogP contribution in [-0.2, 0) is 9.53 Å². The molecular weight excluding hydrogens is 234 g/mol. The third-order valence-corrected chi connectivity index (χ3v) is 3.01. The fraction of sp³-hybridized carbons (Fsp3) is 0.538. The highest BCUT2D eigenvalue weighted by molar-refractivity contribution is 5.88. The van der Waals surface area contributed by atoms with E-state index in [2.05, 4.69) is 0 Å². The molecule has 1 aliphatic rings. The van der Waals surface area contributed by atoms with Crippen LogP contribution in [0.25, 0.3) is 0 Å². The van der Waals surface area contributed by atoms with Gasteiger partial charge in [-0.25, -0.2) is 4.79 Å². The van der Waals surface area contributed by atoms with Gasteiger partial charge in [-0.15, -0.1) is 0 Å². The molecule has 1 aromatic rings. The minimum atomic E-state index is -0.594. The molecule has 0 saturated carbocycles. The first-order chi connectivity index (χ1) is 8.77. The van der Waals surface area contributed by atoms with E-state index in [4.69, 9.17) is 9.15 Å². The molecule has 1 aromatic heterocycles. The van der Waals surface area contributed by atoms with Crippen LogP contribution in [0, 0.1) is 0 Å². The Bertz CT molecular complexity index is 391. The lowest BCUT2D eigenvalue weighted by Crippen LogP contribution is -2.35. The smallest absolute Gasteiger partial charge is 0.374 e. The van der Waals surface area contributed by atoms with E-state index in [0.29, 0.717) is 0 Å². The summed E-state index contributed by atoms with van der Waals surface area (Å²) in [5, 5.41) is 0. The predicted molar refractivity (Wildman–Crippen MR) is 64.0 cm³/mol. The summed E-state index contributed by atoms with van der Waals surface area (Å²) in [6.45, 7) is 1.31. The van der Waals surface area contributed by atoms with Gasteiger partial charge >= 0.3 is 5.97 Å². The summed E-state index contributed by atoms with van der Waals surface area (Å²) in [5.41, 5.74) is 0. The molecule has 1 aliphatic heterocycles. The van der Waals surface area contributed by atoms with Gasteiger partial charge in [-0.2, -0.15) is 0 Å². The average molecular weight is 251 g/mol. The van der Waals surface area contributed by atoms with Crippen molar-refractivity contribution in [2.45, 2.75) is 25.7 Å². The van der Waals surface area contributed by atoms with Crippen LogP contribution in [0.4, 0.5) is 0 Å². The number of hydrogen-bond acceptors (Lipinski definition) is 4. The molecule has 0 atom stereocenters. The Morgan fingerprint density at radius 3 is 2.56 bits per heavy atom. The van der Waals surface area contributed by atoms with Crippen LogP contribution < -0.4 is 0 Å². The van der Waals surface area contributed by atoms with Crippen molar-refractivity contribution >= 4 is 11.9 Å². The maximum absolute atomic E-state index is 11.8. The summed E-state index contributed by atoms with van der Waals surface area (Å²) in [6, 6.07) is 3.12. The van der Waals surface area contributed by atoms with Crippen molar-refractivity contribution in [1.29, 1.82) is 0 Å². The molecule has 0 aromatic carbocycles. The van der Waals surface area contributed by atoms with Gasteiger partial charge in [0, 0.05) is 13.1 Å². The lowest BCUT2D eigenvalue weighted by Gasteiger charge is -2.19. The Kier molecular flexibility index (Phi) is 4.39. The first kappa shape index (κ1) is 12.7. The highest BCUT2D eigenvalue weighted by Crippen LogP contribution is 2.10. The molecule has 1 fully saturated rings. The topological polar surface area (TPSA) is 59.8 Å². The number of furan rings is 1. The van der Waals surface area contributed by atoms with Gasteiger partial charge < -0.3 is 14.1 Å². The second kappa shape index (κ2) is 6.23. The molecule has 0 bridgehead atoms. The first-order valence-electron chi connectivity index (χ1n) is 6.26. The van der Waals surface area contributed by atoms with E-state index in [1.54, 1.807) is 11.0 Å². The number of carbonyl (C=O) groups is 2. The normalized spacial score (nSPS) is 16.1. The van der Waals surface area contributed by atoms with Crippen LogP contribution in [-0.4, -0.2) is 36.5 Å². The minimum absolute atomic E-state index is 0.124. The summed E-state index contributed by atoms with van der Waals surface area (Å²) in [5.74, 6) is -0.598. The molecule has 1 saturated heterocycles. The summed E-state index contributed by atoms with van der Waals surface area (Å²) in [6.07, 6.45) is 5.77. The van der Waals surface area contributed by atoms with Gasteiger partial charge in [0.1, 0.15) is 0 Å². The zero-order chi connectivity index (χ0) is 12.8. The molecule has 0 N–H and O–H groups in total. The molecule has 5 heteroatoms. The number of likely N-dealkylation sites (tertiary alicyclic amines) is 1. The fourth-order valence-corrected chi connectivity index (χ4v) is 2.00. The second-order valence-electron chi connectivity index (χ2n) is 4.35. The molecule has 1 amide bonds. The number of nitrogens with zero attached hydrogens (tertiary/aromatic N) is 1. The SMILES string of the molecule is O=C(OCC(=O)N1CCCCCC1)c1ccco1. The van der Waals surface area contributed by atoms with Crippen molar-refractivity contribution in [3.63, 3.8) is 0 Å². The zero-order valence-corrected chi connectivity index (χ0v) is 10.3. The quantitative estimate of drug-likeness (QED) is 0.769. The third-order valence-electron chi connectivity index (χ3n) is 3.01. The Labute approximate surface area is 106 Å². The number of esters is 1. The van der Waals surface area contributed by atoms with E-state index in [1.165, 1.54) is 12.3 Å². The van der Waals surface area contributed by atoms with Crippen molar-refractivity contribution < 1.29 is 18.7 Å². The zero-order valence-electron chi connectivity index (χ0n) is 10.3. The first-order valence-corrected chi connectivity index (χ1v) is 6.26. The highest BCUT2D eigenvalue weighted by atomic mass is 16.5. The van der Waals surface area contributed by atoms with Crippen LogP contribution in [0.3, 0.4) is 0 Å². The van der Waals surface area contributed by atoms with Crippen molar-refractivity contribution in [3.05, 3.63) is 24.2 Å². The molecule has 5 nitrogen and oxygen atoms in total. The van der Waals surface area contributed by atoms with E-state index in [-0.39, 0.29) is 18.3 Å². The number of rotatable bonds is 3. The molecule has 0 radical (unpaired) electrons. The molecule has 0 aliphatic carbocycles. The lowest BCUT2D eigenvalue weighted by atomic mass is 10.2. The van der Waals surface area contributed by atoms with Crippen LogP contribution in [0.15, 0.2) is 22.8 Å². The number of carbonyl (C=O) groups excluding carboxylic acids is 2. The molecule has 0 spiro atoms. The molecule has 2 heterocycles. The van der Waals surface area contributed by atoms with Gasteiger partial charge in [0.05, 0.1) is 6.26 Å². The van der Waals surface area contributed by atoms with Crippen molar-refractivity contribution in [2.75, 3.05) is 19.7 Å². The van der Waals surface area contributed by atoms with E-state index < -0.39 is 5.97 Å². The molecule has 98 valence electrons. The summed E-state index contributed by atoms with van der Waals surface area (Å²) in [7, 11) is 0. The number of amides is 1. The lowest BCUT2D eigenvalue weighted by molar-refractivity contribution is -0.134. The number of ether oxygens (including phenoxy) is 1. The van der Waals surface area contributed by atoms with Gasteiger partial charge in [-0.1, -0.05) is 12.8 Å². The predicted octanol–water partition coefficient (Wildman–Crippen LogP) is 1.84.